The fourth-order valence-corrected chi connectivity index (χ4v) is 3.52. The van der Waals surface area contributed by atoms with Gasteiger partial charge in [-0.2, -0.15) is 0 Å². The summed E-state index contributed by atoms with van der Waals surface area (Å²) in [6, 6.07) is 15.9. The first kappa shape index (κ1) is 14.7. The second-order valence-corrected chi connectivity index (χ2v) is 6.83. The smallest absolute Gasteiger partial charge is 0.124 e. The number of nitrogens with zero attached hydrogens (tertiary/aromatic N) is 1. The number of benzene rings is 2. The highest BCUT2D eigenvalue weighted by Crippen LogP contribution is 2.35. The van der Waals surface area contributed by atoms with E-state index in [4.69, 9.17) is 22.3 Å². The Bertz CT molecular complexity index is 771. The Morgan fingerprint density at radius 2 is 1.86 bits per heavy atom. The van der Waals surface area contributed by atoms with Crippen LogP contribution in [0.25, 0.3) is 21.8 Å². The largest absolute Gasteiger partial charge is 0.326 e. The summed E-state index contributed by atoms with van der Waals surface area (Å²) in [6.07, 6.45) is 0. The molecule has 3 rings (SSSR count). The van der Waals surface area contributed by atoms with E-state index in [2.05, 4.69) is 28.1 Å². The second-order valence-electron chi connectivity index (χ2n) is 4.49. The van der Waals surface area contributed by atoms with Crippen molar-refractivity contribution in [3.8, 4) is 21.8 Å². The van der Waals surface area contributed by atoms with Crippen LogP contribution in [0.4, 0.5) is 0 Å². The van der Waals surface area contributed by atoms with Gasteiger partial charge >= 0.3 is 0 Å². The lowest BCUT2D eigenvalue weighted by atomic mass is 10.1. The van der Waals surface area contributed by atoms with Crippen LogP contribution in [0, 0.1) is 0 Å². The van der Waals surface area contributed by atoms with Crippen molar-refractivity contribution in [3.05, 3.63) is 62.9 Å². The van der Waals surface area contributed by atoms with Crippen molar-refractivity contribution in [2.45, 2.75) is 6.54 Å². The van der Waals surface area contributed by atoms with E-state index >= 15 is 0 Å². The van der Waals surface area contributed by atoms with Gasteiger partial charge in [0.15, 0.2) is 0 Å². The number of halogens is 2. The topological polar surface area (TPSA) is 38.9 Å². The van der Waals surface area contributed by atoms with Crippen LogP contribution in [0.3, 0.4) is 0 Å². The molecule has 2 N–H and O–H groups in total. The average Bonchev–Trinajstić information content (AvgIpc) is 2.95. The molecule has 0 aliphatic carbocycles. The Balaban J connectivity index is 2.09. The van der Waals surface area contributed by atoms with E-state index in [9.17, 15) is 0 Å². The minimum absolute atomic E-state index is 0.483. The molecule has 1 heterocycles. The summed E-state index contributed by atoms with van der Waals surface area (Å²) in [4.78, 5) is 5.85. The minimum Gasteiger partial charge on any atom is -0.326 e. The van der Waals surface area contributed by atoms with Gasteiger partial charge in [0, 0.05) is 27.0 Å². The molecule has 2 aromatic carbocycles. The van der Waals surface area contributed by atoms with Gasteiger partial charge in [0.1, 0.15) is 5.01 Å². The van der Waals surface area contributed by atoms with Crippen molar-refractivity contribution in [3.63, 3.8) is 0 Å². The molecule has 0 unspecified atom stereocenters. The molecule has 5 heteroatoms. The van der Waals surface area contributed by atoms with E-state index in [-0.39, 0.29) is 0 Å². The Morgan fingerprint density at radius 1 is 1.10 bits per heavy atom. The lowest BCUT2D eigenvalue weighted by Gasteiger charge is -2.00. The van der Waals surface area contributed by atoms with Gasteiger partial charge in [0.05, 0.1) is 10.7 Å². The summed E-state index contributed by atoms with van der Waals surface area (Å²) < 4.78 is 0.868. The highest BCUT2D eigenvalue weighted by molar-refractivity contribution is 9.10. The van der Waals surface area contributed by atoms with Crippen LogP contribution in [-0.2, 0) is 6.54 Å². The zero-order valence-corrected chi connectivity index (χ0v) is 14.2. The lowest BCUT2D eigenvalue weighted by molar-refractivity contribution is 1.10. The van der Waals surface area contributed by atoms with Crippen LogP contribution in [0.15, 0.2) is 53.0 Å². The molecule has 0 radical (unpaired) electrons. The molecule has 0 aliphatic rings. The fraction of sp³-hybridized carbons (Fsp3) is 0.0625. The van der Waals surface area contributed by atoms with Gasteiger partial charge in [-0.05, 0) is 28.1 Å². The first-order valence-corrected chi connectivity index (χ1v) is 8.38. The molecule has 0 saturated heterocycles. The van der Waals surface area contributed by atoms with E-state index < -0.39 is 0 Å². The van der Waals surface area contributed by atoms with Crippen LogP contribution in [0.2, 0.25) is 5.02 Å². The maximum Gasteiger partial charge on any atom is 0.124 e. The van der Waals surface area contributed by atoms with Gasteiger partial charge in [-0.1, -0.05) is 48.0 Å². The van der Waals surface area contributed by atoms with Crippen LogP contribution in [-0.4, -0.2) is 4.98 Å². The third-order valence-electron chi connectivity index (χ3n) is 3.10. The fourth-order valence-electron chi connectivity index (χ4n) is 2.06. The molecule has 106 valence electrons. The summed E-state index contributed by atoms with van der Waals surface area (Å²) in [5.41, 5.74) is 8.96. The highest BCUT2D eigenvalue weighted by Gasteiger charge is 2.13. The lowest BCUT2D eigenvalue weighted by Crippen LogP contribution is -1.95. The summed E-state index contributed by atoms with van der Waals surface area (Å²) in [7, 11) is 0. The van der Waals surface area contributed by atoms with Gasteiger partial charge in [-0.15, -0.1) is 11.3 Å². The van der Waals surface area contributed by atoms with Gasteiger partial charge in [0.2, 0.25) is 0 Å². The predicted octanol–water partition coefficient (Wildman–Crippen LogP) is 5.35. The predicted molar refractivity (Wildman–Crippen MR) is 93.6 cm³/mol. The van der Waals surface area contributed by atoms with Crippen LogP contribution in [0.5, 0.6) is 0 Å². The van der Waals surface area contributed by atoms with Gasteiger partial charge in [-0.25, -0.2) is 4.98 Å². The van der Waals surface area contributed by atoms with E-state index in [0.717, 1.165) is 31.2 Å². The maximum atomic E-state index is 6.04. The van der Waals surface area contributed by atoms with Gasteiger partial charge in [0.25, 0.3) is 0 Å². The third-order valence-corrected chi connectivity index (χ3v) is 5.44. The molecule has 0 spiro atoms. The van der Waals surface area contributed by atoms with Crippen LogP contribution >= 0.6 is 38.9 Å². The number of nitrogens with two attached hydrogens (primary N) is 1. The molecule has 3 aromatic rings. The SMILES string of the molecule is NCc1sc(-c2ccc(Cl)c(Br)c2)nc1-c1ccccc1. The number of hydrogen-bond acceptors (Lipinski definition) is 3. The maximum absolute atomic E-state index is 6.04. The van der Waals surface area contributed by atoms with Gasteiger partial charge in [-0.3, -0.25) is 0 Å². The van der Waals surface area contributed by atoms with Crippen molar-refractivity contribution in [2.24, 2.45) is 5.73 Å². The molecule has 2 nitrogen and oxygen atoms in total. The Kier molecular flexibility index (Phi) is 4.40. The first-order chi connectivity index (χ1) is 10.2. The zero-order valence-electron chi connectivity index (χ0n) is 11.0. The quantitative estimate of drug-likeness (QED) is 0.666. The molecule has 0 atom stereocenters. The summed E-state index contributed by atoms with van der Waals surface area (Å²) in [5, 5.41) is 1.64. The molecule has 0 amide bonds. The number of aromatic nitrogens is 1. The average molecular weight is 380 g/mol. The van der Waals surface area contributed by atoms with Crippen molar-refractivity contribution in [1.82, 2.24) is 4.98 Å². The molecular formula is C16H12BrClN2S. The molecular weight excluding hydrogens is 368 g/mol. The summed E-state index contributed by atoms with van der Waals surface area (Å²) >= 11 is 11.1. The molecule has 0 fully saturated rings. The molecule has 0 saturated carbocycles. The van der Waals surface area contributed by atoms with Crippen molar-refractivity contribution >= 4 is 38.9 Å². The van der Waals surface area contributed by atoms with E-state index in [0.29, 0.717) is 11.6 Å². The third kappa shape index (κ3) is 3.04. The molecule has 1 aromatic heterocycles. The number of thiazole rings is 1. The monoisotopic (exact) mass is 378 g/mol. The molecule has 21 heavy (non-hydrogen) atoms. The number of hydrogen-bond donors (Lipinski definition) is 1. The Morgan fingerprint density at radius 3 is 2.52 bits per heavy atom. The normalized spacial score (nSPS) is 10.8. The van der Waals surface area contributed by atoms with Crippen LogP contribution < -0.4 is 5.73 Å². The summed E-state index contributed by atoms with van der Waals surface area (Å²) in [6.45, 7) is 0.483. The standard InChI is InChI=1S/C16H12BrClN2S/c17-12-8-11(6-7-13(12)18)16-20-15(14(9-19)21-16)10-4-2-1-3-5-10/h1-8H,9,19H2. The first-order valence-electron chi connectivity index (χ1n) is 6.39. The van der Waals surface area contributed by atoms with Crippen molar-refractivity contribution in [2.75, 3.05) is 0 Å². The molecule has 0 bridgehead atoms. The summed E-state index contributed by atoms with van der Waals surface area (Å²) in [5.74, 6) is 0. The van der Waals surface area contributed by atoms with Crippen molar-refractivity contribution < 1.29 is 0 Å². The van der Waals surface area contributed by atoms with Crippen LogP contribution in [0.1, 0.15) is 4.88 Å². The van der Waals surface area contributed by atoms with E-state index in [1.54, 1.807) is 11.3 Å². The minimum atomic E-state index is 0.483. The Hall–Kier alpha value is -1.20. The number of rotatable bonds is 3. The van der Waals surface area contributed by atoms with Gasteiger partial charge < -0.3 is 5.73 Å². The zero-order chi connectivity index (χ0) is 14.8. The molecule has 0 aliphatic heterocycles. The Labute approximate surface area is 140 Å². The highest BCUT2D eigenvalue weighted by atomic mass is 79.9. The van der Waals surface area contributed by atoms with E-state index in [1.165, 1.54) is 0 Å². The van der Waals surface area contributed by atoms with E-state index in [1.807, 2.05) is 36.4 Å². The second kappa shape index (κ2) is 6.28. The van der Waals surface area contributed by atoms with Crippen molar-refractivity contribution in [1.29, 1.82) is 0 Å².